The fraction of sp³-hybridized carbons (Fsp3) is 0.467. The summed E-state index contributed by atoms with van der Waals surface area (Å²) in [6, 6.07) is 5.98. The van der Waals surface area contributed by atoms with Crippen molar-refractivity contribution in [3.8, 4) is 0 Å². The van der Waals surface area contributed by atoms with Gasteiger partial charge in [0.15, 0.2) is 0 Å². The van der Waals surface area contributed by atoms with E-state index in [0.717, 1.165) is 5.69 Å². The maximum absolute atomic E-state index is 11.8. The molecule has 1 aromatic carbocycles. The van der Waals surface area contributed by atoms with Gasteiger partial charge in [0, 0.05) is 30.8 Å². The number of carbonyl (C=O) groups excluding carboxylic acids is 1. The molecule has 0 heterocycles. The second-order valence-electron chi connectivity index (χ2n) is 5.37. The Balaban J connectivity index is 2.35. The van der Waals surface area contributed by atoms with Crippen molar-refractivity contribution in [1.82, 2.24) is 5.32 Å². The summed E-state index contributed by atoms with van der Waals surface area (Å²) in [5.74, 6) is -1.38. The maximum atomic E-state index is 11.8. The number of nitrogens with zero attached hydrogens (tertiary/aromatic N) is 1. The predicted octanol–water partition coefficient (Wildman–Crippen LogP) is 2.16. The van der Waals surface area contributed by atoms with Crippen LogP contribution in [-0.4, -0.2) is 34.0 Å². The van der Waals surface area contributed by atoms with E-state index in [-0.39, 0.29) is 18.0 Å². The Hall–Kier alpha value is -2.64. The Morgan fingerprint density at radius 1 is 1.30 bits per heavy atom. The van der Waals surface area contributed by atoms with Gasteiger partial charge in [-0.15, -0.1) is 0 Å². The topological polar surface area (TPSA) is 122 Å². The van der Waals surface area contributed by atoms with E-state index in [1.807, 2.05) is 0 Å². The number of nitro groups is 1. The van der Waals surface area contributed by atoms with Gasteiger partial charge in [-0.05, 0) is 31.9 Å². The van der Waals surface area contributed by atoms with Crippen molar-refractivity contribution in [2.45, 2.75) is 38.6 Å². The molecule has 0 spiro atoms. The molecule has 0 aromatic heterocycles. The number of carbonyl (C=O) groups is 2. The quantitative estimate of drug-likeness (QED) is 0.364. The monoisotopic (exact) mass is 323 g/mol. The van der Waals surface area contributed by atoms with Gasteiger partial charge in [0.1, 0.15) is 5.54 Å². The van der Waals surface area contributed by atoms with E-state index in [1.165, 1.54) is 19.1 Å². The van der Waals surface area contributed by atoms with Crippen LogP contribution in [0.3, 0.4) is 0 Å². The second-order valence-corrected chi connectivity index (χ2v) is 5.37. The molecule has 0 bridgehead atoms. The molecule has 0 fully saturated rings. The minimum absolute atomic E-state index is 0.0162. The molecule has 0 saturated carbocycles. The van der Waals surface area contributed by atoms with Crippen LogP contribution in [0, 0.1) is 10.1 Å². The van der Waals surface area contributed by atoms with Crippen molar-refractivity contribution >= 4 is 23.3 Å². The third-order valence-electron chi connectivity index (χ3n) is 3.58. The van der Waals surface area contributed by atoms with Crippen molar-refractivity contribution < 1.29 is 19.6 Å². The zero-order valence-corrected chi connectivity index (χ0v) is 13.2. The molecule has 126 valence electrons. The van der Waals surface area contributed by atoms with Crippen molar-refractivity contribution in [1.29, 1.82) is 0 Å². The molecule has 3 N–H and O–H groups in total. The Labute approximate surface area is 134 Å². The van der Waals surface area contributed by atoms with Crippen LogP contribution >= 0.6 is 0 Å². The lowest BCUT2D eigenvalue weighted by atomic mass is 9.99. The van der Waals surface area contributed by atoms with E-state index < -0.39 is 16.4 Å². The summed E-state index contributed by atoms with van der Waals surface area (Å²) in [5.41, 5.74) is -0.509. The molecule has 0 aliphatic heterocycles. The highest BCUT2D eigenvalue weighted by Crippen LogP contribution is 2.15. The van der Waals surface area contributed by atoms with Gasteiger partial charge in [-0.25, -0.2) is 4.79 Å². The van der Waals surface area contributed by atoms with Crippen LogP contribution in [-0.2, 0) is 9.59 Å². The molecule has 0 radical (unpaired) electrons. The zero-order valence-electron chi connectivity index (χ0n) is 13.2. The summed E-state index contributed by atoms with van der Waals surface area (Å²) < 4.78 is 0. The molecule has 1 aromatic rings. The van der Waals surface area contributed by atoms with Gasteiger partial charge in [-0.3, -0.25) is 14.9 Å². The Morgan fingerprint density at radius 3 is 2.39 bits per heavy atom. The van der Waals surface area contributed by atoms with E-state index in [2.05, 4.69) is 10.6 Å². The summed E-state index contributed by atoms with van der Waals surface area (Å²) in [4.78, 5) is 32.9. The molecule has 8 nitrogen and oxygen atoms in total. The van der Waals surface area contributed by atoms with Crippen molar-refractivity contribution in [3.63, 3.8) is 0 Å². The summed E-state index contributed by atoms with van der Waals surface area (Å²) in [6.45, 7) is 3.67. The molecule has 1 unspecified atom stereocenters. The molecule has 0 aliphatic rings. The number of hydrogen-bond acceptors (Lipinski definition) is 5. The maximum Gasteiger partial charge on any atom is 0.329 e. The fourth-order valence-electron chi connectivity index (χ4n) is 1.85. The van der Waals surface area contributed by atoms with E-state index in [9.17, 15) is 19.7 Å². The lowest BCUT2D eigenvalue weighted by Crippen LogP contribution is -2.51. The molecular formula is C15H21N3O5. The number of carboxylic acids is 1. The van der Waals surface area contributed by atoms with Gasteiger partial charge in [0.25, 0.3) is 5.69 Å². The minimum Gasteiger partial charge on any atom is -0.480 e. The third-order valence-corrected chi connectivity index (χ3v) is 3.58. The van der Waals surface area contributed by atoms with Crippen LogP contribution < -0.4 is 10.6 Å². The standard InChI is InChI=1S/C15H21N3O5/c1-3-15(2,14(20)21)17-13(19)5-4-10-16-11-6-8-12(9-7-11)18(22)23/h6-9,16H,3-5,10H2,1-2H3,(H,17,19)(H,20,21). The van der Waals surface area contributed by atoms with Gasteiger partial charge in [0.05, 0.1) is 4.92 Å². The number of aliphatic carboxylic acids is 1. The third kappa shape index (κ3) is 5.57. The highest BCUT2D eigenvalue weighted by molar-refractivity contribution is 5.86. The molecule has 1 amide bonds. The first-order chi connectivity index (χ1) is 10.8. The lowest BCUT2D eigenvalue weighted by molar-refractivity contribution is -0.384. The zero-order chi connectivity index (χ0) is 17.5. The molecule has 23 heavy (non-hydrogen) atoms. The first-order valence-corrected chi connectivity index (χ1v) is 7.31. The summed E-state index contributed by atoms with van der Waals surface area (Å²) in [7, 11) is 0. The number of amides is 1. The second kappa shape index (κ2) is 8.11. The van der Waals surface area contributed by atoms with Crippen molar-refractivity contribution in [3.05, 3.63) is 34.4 Å². The largest absolute Gasteiger partial charge is 0.480 e. The first-order valence-electron chi connectivity index (χ1n) is 7.31. The normalized spacial score (nSPS) is 13.0. The minimum atomic E-state index is -1.25. The van der Waals surface area contributed by atoms with Crippen molar-refractivity contribution in [2.75, 3.05) is 11.9 Å². The smallest absolute Gasteiger partial charge is 0.329 e. The van der Waals surface area contributed by atoms with E-state index in [1.54, 1.807) is 19.1 Å². The Kier molecular flexibility index (Phi) is 6.49. The predicted molar refractivity (Wildman–Crippen MR) is 85.3 cm³/mol. The van der Waals surface area contributed by atoms with Crippen LogP contribution in [0.2, 0.25) is 0 Å². The summed E-state index contributed by atoms with van der Waals surface area (Å²) in [5, 5.41) is 25.2. The molecular weight excluding hydrogens is 302 g/mol. The van der Waals surface area contributed by atoms with Gasteiger partial charge in [-0.2, -0.15) is 0 Å². The fourth-order valence-corrected chi connectivity index (χ4v) is 1.85. The molecule has 0 aliphatic carbocycles. The lowest BCUT2D eigenvalue weighted by Gasteiger charge is -2.24. The average Bonchev–Trinajstić information content (AvgIpc) is 2.51. The van der Waals surface area contributed by atoms with E-state index in [0.29, 0.717) is 19.4 Å². The van der Waals surface area contributed by atoms with E-state index >= 15 is 0 Å². The van der Waals surface area contributed by atoms with Gasteiger partial charge < -0.3 is 15.7 Å². The number of nitro benzene ring substituents is 1. The first kappa shape index (κ1) is 18.4. The average molecular weight is 323 g/mol. The summed E-state index contributed by atoms with van der Waals surface area (Å²) in [6.07, 6.45) is 1.01. The van der Waals surface area contributed by atoms with Gasteiger partial charge >= 0.3 is 5.97 Å². The van der Waals surface area contributed by atoms with Crippen LogP contribution in [0.4, 0.5) is 11.4 Å². The highest BCUT2D eigenvalue weighted by atomic mass is 16.6. The van der Waals surface area contributed by atoms with Crippen molar-refractivity contribution in [2.24, 2.45) is 0 Å². The number of hydrogen-bond donors (Lipinski definition) is 3. The number of rotatable bonds is 9. The van der Waals surface area contributed by atoms with Crippen LogP contribution in [0.25, 0.3) is 0 Å². The van der Waals surface area contributed by atoms with Crippen LogP contribution in [0.5, 0.6) is 0 Å². The van der Waals surface area contributed by atoms with E-state index in [4.69, 9.17) is 5.11 Å². The number of anilines is 1. The Bertz CT molecular complexity index is 573. The summed E-state index contributed by atoms with van der Waals surface area (Å²) >= 11 is 0. The number of benzene rings is 1. The van der Waals surface area contributed by atoms with Crippen LogP contribution in [0.1, 0.15) is 33.1 Å². The molecule has 1 atom stereocenters. The number of carboxylic acid groups (broad SMARTS) is 1. The Morgan fingerprint density at radius 2 is 1.91 bits per heavy atom. The van der Waals surface area contributed by atoms with Gasteiger partial charge in [-0.1, -0.05) is 6.92 Å². The highest BCUT2D eigenvalue weighted by Gasteiger charge is 2.32. The number of non-ortho nitro benzene ring substituents is 1. The van der Waals surface area contributed by atoms with Gasteiger partial charge in [0.2, 0.25) is 5.91 Å². The molecule has 1 rings (SSSR count). The molecule has 8 heteroatoms. The number of nitrogens with one attached hydrogen (secondary N) is 2. The van der Waals surface area contributed by atoms with Crippen LogP contribution in [0.15, 0.2) is 24.3 Å². The SMILES string of the molecule is CCC(C)(NC(=O)CCCNc1ccc([N+](=O)[O-])cc1)C(=O)O. The molecule has 0 saturated heterocycles.